The van der Waals surface area contributed by atoms with Gasteiger partial charge in [0.25, 0.3) is 5.91 Å². The van der Waals surface area contributed by atoms with Crippen LogP contribution in [0, 0.1) is 11.3 Å². The molecule has 0 spiro atoms. The van der Waals surface area contributed by atoms with Gasteiger partial charge < -0.3 is 21.3 Å². The van der Waals surface area contributed by atoms with Gasteiger partial charge in [0.1, 0.15) is 11.3 Å². The maximum absolute atomic E-state index is 12.3. The number of amides is 1. The van der Waals surface area contributed by atoms with Gasteiger partial charge in [0.05, 0.1) is 12.3 Å². The van der Waals surface area contributed by atoms with Crippen molar-refractivity contribution in [2.24, 2.45) is 11.0 Å². The molecule has 1 amide bonds. The molecule has 0 saturated carbocycles. The fraction of sp³-hybridized carbons (Fsp3) is 0.294. The van der Waals surface area contributed by atoms with Crippen LogP contribution >= 0.6 is 0 Å². The maximum atomic E-state index is 12.3. The average molecular weight is 327 g/mol. The summed E-state index contributed by atoms with van der Waals surface area (Å²) in [6.45, 7) is 3.87. The molecular weight excluding hydrogens is 306 g/mol. The largest absolute Gasteiger partial charge is 0.505 e. The summed E-state index contributed by atoms with van der Waals surface area (Å²) >= 11 is 0. The van der Waals surface area contributed by atoms with E-state index in [0.29, 0.717) is 11.1 Å². The van der Waals surface area contributed by atoms with E-state index < -0.39 is 11.9 Å². The summed E-state index contributed by atoms with van der Waals surface area (Å²) in [5, 5.41) is 25.3. The number of carbonyl (C=O) groups is 1. The number of hydrazone groups is 1. The van der Waals surface area contributed by atoms with E-state index in [2.05, 4.69) is 20.8 Å². The van der Waals surface area contributed by atoms with Crippen LogP contribution in [0.4, 0.5) is 0 Å². The number of benzene rings is 1. The summed E-state index contributed by atoms with van der Waals surface area (Å²) in [7, 11) is 1.55. The topological polar surface area (TPSA) is 110 Å². The lowest BCUT2D eigenvalue weighted by Crippen LogP contribution is -2.37. The molecule has 0 bridgehead atoms. The van der Waals surface area contributed by atoms with Crippen molar-refractivity contribution in [1.82, 2.24) is 15.7 Å². The van der Waals surface area contributed by atoms with Gasteiger partial charge in [0, 0.05) is 24.2 Å². The second kappa shape index (κ2) is 7.54. The van der Waals surface area contributed by atoms with Gasteiger partial charge >= 0.3 is 0 Å². The third kappa shape index (κ3) is 3.51. The third-order valence-corrected chi connectivity index (χ3v) is 3.67. The Morgan fingerprint density at radius 1 is 1.38 bits per heavy atom. The molecule has 0 fully saturated rings. The molecule has 1 aromatic heterocycles. The van der Waals surface area contributed by atoms with Crippen LogP contribution in [-0.2, 0) is 4.79 Å². The van der Waals surface area contributed by atoms with E-state index in [0.717, 1.165) is 11.6 Å². The van der Waals surface area contributed by atoms with Crippen molar-refractivity contribution in [3.63, 3.8) is 0 Å². The zero-order valence-electron chi connectivity index (χ0n) is 13.9. The van der Waals surface area contributed by atoms with Crippen molar-refractivity contribution < 1.29 is 9.90 Å². The van der Waals surface area contributed by atoms with Crippen LogP contribution in [0.2, 0.25) is 0 Å². The number of nitrogens with zero attached hydrogens (tertiary/aromatic N) is 2. The highest BCUT2D eigenvalue weighted by atomic mass is 16.3. The van der Waals surface area contributed by atoms with Gasteiger partial charge in [-0.05, 0) is 12.0 Å². The first-order valence-electron chi connectivity index (χ1n) is 7.62. The highest BCUT2D eigenvalue weighted by molar-refractivity contribution is 6.60. The predicted octanol–water partition coefficient (Wildman–Crippen LogP) is 1.98. The van der Waals surface area contributed by atoms with Crippen LogP contribution in [0.5, 0.6) is 5.75 Å². The Labute approximate surface area is 140 Å². The fourth-order valence-corrected chi connectivity index (χ4v) is 2.48. The summed E-state index contributed by atoms with van der Waals surface area (Å²) in [5.41, 5.74) is 3.53. The minimum absolute atomic E-state index is 0.0163. The number of aromatic nitrogens is 1. The van der Waals surface area contributed by atoms with Crippen molar-refractivity contribution in [3.8, 4) is 5.75 Å². The molecule has 1 atom stereocenters. The van der Waals surface area contributed by atoms with Crippen LogP contribution in [0.3, 0.4) is 0 Å². The van der Waals surface area contributed by atoms with Crippen molar-refractivity contribution in [3.05, 3.63) is 36.0 Å². The molecule has 2 aromatic rings. The van der Waals surface area contributed by atoms with Crippen molar-refractivity contribution in [2.45, 2.75) is 19.9 Å². The van der Waals surface area contributed by atoms with Crippen LogP contribution in [0.25, 0.3) is 10.9 Å². The number of carbonyl (C=O) groups excluding carboxylic acids is 1. The Kier molecular flexibility index (Phi) is 5.47. The van der Waals surface area contributed by atoms with Crippen molar-refractivity contribution >= 4 is 28.7 Å². The first kappa shape index (κ1) is 17.4. The fourth-order valence-electron chi connectivity index (χ4n) is 2.48. The van der Waals surface area contributed by atoms with Gasteiger partial charge in [-0.3, -0.25) is 9.78 Å². The minimum atomic E-state index is -0.487. The smallest absolute Gasteiger partial charge is 0.273 e. The summed E-state index contributed by atoms with van der Waals surface area (Å²) in [4.78, 5) is 16.5. The summed E-state index contributed by atoms with van der Waals surface area (Å²) < 4.78 is 0. The molecule has 1 aromatic carbocycles. The first-order valence-corrected chi connectivity index (χ1v) is 7.62. The highest BCUT2D eigenvalue weighted by Crippen LogP contribution is 2.34. The van der Waals surface area contributed by atoms with E-state index in [1.165, 1.54) is 0 Å². The van der Waals surface area contributed by atoms with Gasteiger partial charge in [-0.25, -0.2) is 0 Å². The zero-order valence-corrected chi connectivity index (χ0v) is 13.9. The second-order valence-corrected chi connectivity index (χ2v) is 5.64. The highest BCUT2D eigenvalue weighted by Gasteiger charge is 2.24. The second-order valence-electron chi connectivity index (χ2n) is 5.64. The van der Waals surface area contributed by atoms with Crippen molar-refractivity contribution in [2.75, 3.05) is 7.05 Å². The van der Waals surface area contributed by atoms with E-state index >= 15 is 0 Å². The zero-order chi connectivity index (χ0) is 17.7. The van der Waals surface area contributed by atoms with E-state index in [9.17, 15) is 9.90 Å². The number of phenols is 1. The third-order valence-electron chi connectivity index (χ3n) is 3.67. The molecule has 7 nitrogen and oxygen atoms in total. The summed E-state index contributed by atoms with van der Waals surface area (Å²) in [6.07, 6.45) is 2.49. The molecule has 0 aliphatic carbocycles. The van der Waals surface area contributed by atoms with Crippen LogP contribution in [0.1, 0.15) is 25.5 Å². The van der Waals surface area contributed by atoms with Crippen LogP contribution in [-0.4, -0.2) is 35.0 Å². The lowest BCUT2D eigenvalue weighted by molar-refractivity contribution is -0.115. The molecule has 4 N–H and O–H groups in total. The lowest BCUT2D eigenvalue weighted by atomic mass is 9.93. The molecule has 0 aliphatic heterocycles. The molecule has 1 unspecified atom stereocenters. The normalized spacial score (nSPS) is 12.9. The van der Waals surface area contributed by atoms with Crippen molar-refractivity contribution in [1.29, 1.82) is 5.41 Å². The first-order chi connectivity index (χ1) is 11.5. The quantitative estimate of drug-likeness (QED) is 0.480. The number of rotatable bonds is 6. The van der Waals surface area contributed by atoms with Gasteiger partial charge in [0.2, 0.25) is 0 Å². The standard InChI is InChI=1S/C17H21N5O2/c1-10(2)14(21-17(24)13(9-18)22-19-3)12-7-6-11-5-4-8-20-15(11)16(12)23/h4-10,14,18-19,23H,1-3H3,(H,21,24)/b18-9?,22-13+. The number of hydrogen-bond donors (Lipinski definition) is 4. The minimum Gasteiger partial charge on any atom is -0.505 e. The van der Waals surface area contributed by atoms with Gasteiger partial charge in [0.15, 0.2) is 5.71 Å². The van der Waals surface area contributed by atoms with Gasteiger partial charge in [-0.15, -0.1) is 0 Å². The van der Waals surface area contributed by atoms with Crippen LogP contribution in [0.15, 0.2) is 35.6 Å². The summed E-state index contributed by atoms with van der Waals surface area (Å²) in [6, 6.07) is 6.86. The summed E-state index contributed by atoms with van der Waals surface area (Å²) in [5.74, 6) is -0.421. The molecule has 0 radical (unpaired) electrons. The molecule has 1 heterocycles. The Bertz CT molecular complexity index is 786. The lowest BCUT2D eigenvalue weighted by Gasteiger charge is -2.24. The Balaban J connectivity index is 2.41. The van der Waals surface area contributed by atoms with Gasteiger partial charge in [-0.1, -0.05) is 32.0 Å². The van der Waals surface area contributed by atoms with Crippen LogP contribution < -0.4 is 10.7 Å². The Hall–Kier alpha value is -2.96. The van der Waals surface area contributed by atoms with E-state index in [1.54, 1.807) is 25.4 Å². The molecule has 7 heteroatoms. The van der Waals surface area contributed by atoms with E-state index in [1.807, 2.05) is 26.0 Å². The molecular formula is C17H21N5O2. The average Bonchev–Trinajstić information content (AvgIpc) is 2.58. The monoisotopic (exact) mass is 327 g/mol. The number of hydrogen-bond acceptors (Lipinski definition) is 6. The van der Waals surface area contributed by atoms with Gasteiger partial charge in [-0.2, -0.15) is 5.10 Å². The number of nitrogens with one attached hydrogen (secondary N) is 3. The number of fused-ring (bicyclic) bond motifs is 1. The molecule has 126 valence electrons. The van der Waals surface area contributed by atoms with E-state index in [-0.39, 0.29) is 17.4 Å². The number of aromatic hydroxyl groups is 1. The molecule has 0 saturated heterocycles. The Morgan fingerprint density at radius 3 is 2.75 bits per heavy atom. The Morgan fingerprint density at radius 2 is 2.12 bits per heavy atom. The molecule has 0 aliphatic rings. The number of phenolic OH excluding ortho intramolecular Hbond substituents is 1. The SMILES string of the molecule is CN/N=C(\C=N)C(=O)NC(c1ccc2cccnc2c1O)C(C)C. The maximum Gasteiger partial charge on any atom is 0.273 e. The number of pyridine rings is 1. The molecule has 24 heavy (non-hydrogen) atoms. The predicted molar refractivity (Wildman–Crippen MR) is 94.4 cm³/mol. The molecule has 2 rings (SSSR count). The van der Waals surface area contributed by atoms with E-state index in [4.69, 9.17) is 5.41 Å².